The van der Waals surface area contributed by atoms with E-state index in [0.717, 1.165) is 10.8 Å². The van der Waals surface area contributed by atoms with Gasteiger partial charge in [-0.3, -0.25) is 14.3 Å². The van der Waals surface area contributed by atoms with Crippen LogP contribution in [0.4, 0.5) is 4.39 Å². The first-order chi connectivity index (χ1) is 9.92. The number of halogens is 1. The van der Waals surface area contributed by atoms with Crippen molar-refractivity contribution in [1.29, 1.82) is 0 Å². The zero-order chi connectivity index (χ0) is 15.6. The number of hydrogen-bond donors (Lipinski definition) is 2. The molecule has 1 aromatic carbocycles. The lowest BCUT2D eigenvalue weighted by Gasteiger charge is -2.10. The minimum Gasteiger partial charge on any atom is -0.496 e. The van der Waals surface area contributed by atoms with Crippen molar-refractivity contribution in [1.82, 2.24) is 9.55 Å². The summed E-state index contributed by atoms with van der Waals surface area (Å²) in [6.07, 6.45) is 0.853. The Labute approximate surface area is 124 Å². The average Bonchev–Trinajstić information content (AvgIpc) is 2.44. The fourth-order valence-electron chi connectivity index (χ4n) is 1.84. The molecular weight excluding hydrogens is 297 g/mol. The predicted octanol–water partition coefficient (Wildman–Crippen LogP) is 0.367. The van der Waals surface area contributed by atoms with Crippen LogP contribution in [0.1, 0.15) is 11.1 Å². The maximum Gasteiger partial charge on any atom is 0.328 e. The minimum absolute atomic E-state index is 0.0616. The highest BCUT2D eigenvalue weighted by atomic mass is 32.1. The summed E-state index contributed by atoms with van der Waals surface area (Å²) in [7, 11) is 1.48. The summed E-state index contributed by atoms with van der Waals surface area (Å²) in [6, 6.07) is 4.99. The number of benzene rings is 1. The summed E-state index contributed by atoms with van der Waals surface area (Å²) >= 11 is 4.93. The largest absolute Gasteiger partial charge is 0.496 e. The molecule has 0 bridgehead atoms. The highest BCUT2D eigenvalue weighted by molar-refractivity contribution is 7.80. The van der Waals surface area contributed by atoms with Crippen LogP contribution in [0, 0.1) is 5.82 Å². The number of rotatable bonds is 4. The summed E-state index contributed by atoms with van der Waals surface area (Å²) in [5.41, 5.74) is 5.03. The first-order valence-electron chi connectivity index (χ1n) is 5.88. The zero-order valence-electron chi connectivity index (χ0n) is 11.1. The number of nitrogens with zero attached hydrogens (tertiary/aromatic N) is 1. The number of thiocarbonyl (C=S) groups is 1. The van der Waals surface area contributed by atoms with Crippen molar-refractivity contribution in [2.24, 2.45) is 5.73 Å². The van der Waals surface area contributed by atoms with Gasteiger partial charge in [0, 0.05) is 0 Å². The normalized spacial score (nSPS) is 10.4. The van der Waals surface area contributed by atoms with Gasteiger partial charge >= 0.3 is 5.69 Å². The molecule has 0 saturated carbocycles. The van der Waals surface area contributed by atoms with E-state index in [1.807, 2.05) is 4.98 Å². The second kappa shape index (κ2) is 5.88. The quantitative estimate of drug-likeness (QED) is 0.796. The summed E-state index contributed by atoms with van der Waals surface area (Å²) in [5, 5.41) is 0. The molecule has 2 rings (SSSR count). The molecule has 0 aliphatic rings. The first-order valence-corrected chi connectivity index (χ1v) is 6.29. The minimum atomic E-state index is -1.05. The summed E-state index contributed by atoms with van der Waals surface area (Å²) in [4.78, 5) is 24.6. The van der Waals surface area contributed by atoms with Gasteiger partial charge in [-0.25, -0.2) is 4.79 Å². The van der Waals surface area contributed by atoms with Crippen molar-refractivity contribution in [2.75, 3.05) is 7.11 Å². The second-order valence-electron chi connectivity index (χ2n) is 4.26. The van der Waals surface area contributed by atoms with E-state index in [0.29, 0.717) is 16.9 Å². The van der Waals surface area contributed by atoms with Crippen molar-refractivity contribution in [3.8, 4) is 5.75 Å². The topological polar surface area (TPSA) is 90.1 Å². The van der Waals surface area contributed by atoms with Crippen LogP contribution in [-0.2, 0) is 6.54 Å². The fraction of sp³-hybridized carbons (Fsp3) is 0.154. The number of nitrogens with one attached hydrogen (secondary N) is 1. The number of aromatic nitrogens is 2. The van der Waals surface area contributed by atoms with Crippen LogP contribution in [0.2, 0.25) is 0 Å². The molecule has 21 heavy (non-hydrogen) atoms. The van der Waals surface area contributed by atoms with Gasteiger partial charge in [0.2, 0.25) is 5.82 Å². The highest BCUT2D eigenvalue weighted by Crippen LogP contribution is 2.20. The van der Waals surface area contributed by atoms with E-state index in [1.54, 1.807) is 18.2 Å². The van der Waals surface area contributed by atoms with Gasteiger partial charge in [0.25, 0.3) is 5.56 Å². The van der Waals surface area contributed by atoms with Crippen LogP contribution >= 0.6 is 12.2 Å². The molecular formula is C13H12FN3O3S. The Hall–Kier alpha value is -2.48. The monoisotopic (exact) mass is 309 g/mol. The molecule has 0 atom stereocenters. The van der Waals surface area contributed by atoms with Crippen molar-refractivity contribution < 1.29 is 9.13 Å². The third-order valence-electron chi connectivity index (χ3n) is 2.85. The third-order valence-corrected chi connectivity index (χ3v) is 3.07. The van der Waals surface area contributed by atoms with Crippen LogP contribution in [-0.4, -0.2) is 21.6 Å². The van der Waals surface area contributed by atoms with E-state index in [2.05, 4.69) is 0 Å². The molecule has 0 aliphatic carbocycles. The van der Waals surface area contributed by atoms with E-state index in [9.17, 15) is 14.0 Å². The van der Waals surface area contributed by atoms with Gasteiger partial charge in [-0.1, -0.05) is 18.3 Å². The lowest BCUT2D eigenvalue weighted by Crippen LogP contribution is -2.31. The van der Waals surface area contributed by atoms with Gasteiger partial charge in [-0.05, 0) is 17.7 Å². The summed E-state index contributed by atoms with van der Waals surface area (Å²) in [6.45, 7) is 0.0616. The van der Waals surface area contributed by atoms with E-state index in [-0.39, 0.29) is 11.5 Å². The number of ether oxygens (including phenoxy) is 1. The number of methoxy groups -OCH3 is 1. The molecule has 0 amide bonds. The van der Waals surface area contributed by atoms with E-state index < -0.39 is 17.1 Å². The molecule has 2 aromatic rings. The lowest BCUT2D eigenvalue weighted by molar-refractivity contribution is 0.414. The Bertz CT molecular complexity index is 813. The van der Waals surface area contributed by atoms with Crippen molar-refractivity contribution in [3.05, 3.63) is 62.2 Å². The van der Waals surface area contributed by atoms with Gasteiger partial charge in [0.1, 0.15) is 10.7 Å². The Kier molecular flexibility index (Phi) is 4.18. The van der Waals surface area contributed by atoms with E-state index in [1.165, 1.54) is 7.11 Å². The first kappa shape index (κ1) is 14.9. The number of H-pyrrole nitrogens is 1. The average molecular weight is 309 g/mol. The summed E-state index contributed by atoms with van der Waals surface area (Å²) < 4.78 is 19.4. The SMILES string of the molecule is COc1ccc(Cn2cc(F)c(=O)[nH]c2=O)cc1C(N)=S. The Morgan fingerprint density at radius 2 is 2.19 bits per heavy atom. The molecule has 0 radical (unpaired) electrons. The molecule has 110 valence electrons. The molecule has 6 nitrogen and oxygen atoms in total. The molecule has 0 saturated heterocycles. The maximum atomic E-state index is 13.2. The maximum absolute atomic E-state index is 13.2. The van der Waals surface area contributed by atoms with Crippen LogP contribution in [0.15, 0.2) is 34.0 Å². The van der Waals surface area contributed by atoms with Crippen LogP contribution in [0.5, 0.6) is 5.75 Å². The van der Waals surface area contributed by atoms with Gasteiger partial charge in [-0.15, -0.1) is 0 Å². The van der Waals surface area contributed by atoms with Crippen LogP contribution in [0.25, 0.3) is 0 Å². The van der Waals surface area contributed by atoms with Gasteiger partial charge < -0.3 is 10.5 Å². The molecule has 8 heteroatoms. The number of aromatic amines is 1. The van der Waals surface area contributed by atoms with Gasteiger partial charge in [-0.2, -0.15) is 4.39 Å². The summed E-state index contributed by atoms with van der Waals surface area (Å²) in [5.74, 6) is -0.524. The van der Waals surface area contributed by atoms with Crippen LogP contribution in [0.3, 0.4) is 0 Å². The smallest absolute Gasteiger partial charge is 0.328 e. The molecule has 0 aliphatic heterocycles. The van der Waals surface area contributed by atoms with Gasteiger partial charge in [0.05, 0.1) is 25.4 Å². The molecule has 0 unspecified atom stereocenters. The van der Waals surface area contributed by atoms with E-state index in [4.69, 9.17) is 22.7 Å². The number of nitrogens with two attached hydrogens (primary N) is 1. The third kappa shape index (κ3) is 3.16. The molecule has 1 heterocycles. The fourth-order valence-corrected chi connectivity index (χ4v) is 2.00. The van der Waals surface area contributed by atoms with Crippen molar-refractivity contribution in [2.45, 2.75) is 6.54 Å². The van der Waals surface area contributed by atoms with Gasteiger partial charge in [0.15, 0.2) is 0 Å². The highest BCUT2D eigenvalue weighted by Gasteiger charge is 2.09. The second-order valence-corrected chi connectivity index (χ2v) is 4.70. The van der Waals surface area contributed by atoms with Crippen molar-refractivity contribution >= 4 is 17.2 Å². The Balaban J connectivity index is 2.43. The Morgan fingerprint density at radius 1 is 1.48 bits per heavy atom. The molecule has 1 aromatic heterocycles. The van der Waals surface area contributed by atoms with Crippen LogP contribution < -0.4 is 21.7 Å². The molecule has 0 spiro atoms. The molecule has 0 fully saturated rings. The number of hydrogen-bond acceptors (Lipinski definition) is 4. The predicted molar refractivity (Wildman–Crippen MR) is 79.3 cm³/mol. The molecule has 3 N–H and O–H groups in total. The Morgan fingerprint density at radius 3 is 2.81 bits per heavy atom. The van der Waals surface area contributed by atoms with E-state index >= 15 is 0 Å². The zero-order valence-corrected chi connectivity index (χ0v) is 11.9. The van der Waals surface area contributed by atoms with Crippen molar-refractivity contribution in [3.63, 3.8) is 0 Å². The standard InChI is InChI=1S/C13H12FN3O3S/c1-20-10-3-2-7(4-8(10)11(15)21)5-17-6-9(14)12(18)16-13(17)19/h2-4,6H,5H2,1H3,(H2,15,21)(H,16,18,19). The lowest BCUT2D eigenvalue weighted by atomic mass is 10.1.